The molecular weight excluding hydrogens is 208 g/mol. The van der Waals surface area contributed by atoms with E-state index in [9.17, 15) is 14.1 Å². The van der Waals surface area contributed by atoms with Crippen LogP contribution in [-0.2, 0) is 9.80 Å². The van der Waals surface area contributed by atoms with Gasteiger partial charge < -0.3 is 14.8 Å². The second-order valence-electron chi connectivity index (χ2n) is 2.65. The first-order valence-electron chi connectivity index (χ1n) is 3.47. The smallest absolute Gasteiger partial charge is 0.175 e. The number of aldehydes is 1. The molecule has 0 saturated heterocycles. The van der Waals surface area contributed by atoms with Gasteiger partial charge in [0.25, 0.3) is 0 Å². The molecule has 14 heavy (non-hydrogen) atoms. The molecule has 0 aliphatic carbocycles. The van der Waals surface area contributed by atoms with Gasteiger partial charge in [-0.3, -0.25) is 4.79 Å². The Hall–Kier alpha value is -1.53. The maximum atomic E-state index is 11.1. The van der Waals surface area contributed by atoms with Crippen molar-refractivity contribution in [2.45, 2.75) is 4.90 Å². The molecule has 1 atom stereocenters. The van der Waals surface area contributed by atoms with Gasteiger partial charge in [0.15, 0.2) is 11.5 Å². The van der Waals surface area contributed by atoms with Crippen LogP contribution in [0.5, 0.6) is 11.5 Å². The summed E-state index contributed by atoms with van der Waals surface area (Å²) in [7, 11) is -3.66. The minimum Gasteiger partial charge on any atom is -0.504 e. The second kappa shape index (κ2) is 3.32. The van der Waals surface area contributed by atoms with Gasteiger partial charge >= 0.3 is 0 Å². The van der Waals surface area contributed by atoms with E-state index < -0.39 is 26.2 Å². The molecule has 0 aromatic heterocycles. The Kier molecular flexibility index (Phi) is 2.50. The lowest BCUT2D eigenvalue weighted by atomic mass is 10.2. The number of benzene rings is 1. The van der Waals surface area contributed by atoms with E-state index in [1.807, 2.05) is 0 Å². The molecule has 1 rings (SSSR count). The van der Waals surface area contributed by atoms with E-state index in [0.717, 1.165) is 12.1 Å². The quantitative estimate of drug-likeness (QED) is 0.379. The van der Waals surface area contributed by atoms with Crippen molar-refractivity contribution in [3.05, 3.63) is 17.7 Å². The molecule has 0 spiro atoms. The van der Waals surface area contributed by atoms with Crippen molar-refractivity contribution in [3.8, 4) is 11.5 Å². The zero-order chi connectivity index (χ0) is 10.9. The molecule has 3 N–H and O–H groups in total. The van der Waals surface area contributed by atoms with Crippen molar-refractivity contribution in [1.82, 2.24) is 0 Å². The molecule has 0 radical (unpaired) electrons. The van der Waals surface area contributed by atoms with Gasteiger partial charge in [0.05, 0.1) is 0 Å². The molecule has 0 heterocycles. The lowest BCUT2D eigenvalue weighted by molar-refractivity contribution is 0.112. The normalized spacial score (nSPS) is 14.6. The van der Waals surface area contributed by atoms with Crippen molar-refractivity contribution in [1.29, 1.82) is 0 Å². The number of carbonyl (C=O) groups is 1. The Morgan fingerprint density at radius 3 is 2.36 bits per heavy atom. The first-order chi connectivity index (χ1) is 6.36. The highest BCUT2D eigenvalue weighted by Gasteiger charge is 2.14. The summed E-state index contributed by atoms with van der Waals surface area (Å²) in [6.07, 6.45) is 0.383. The Morgan fingerprint density at radius 1 is 1.36 bits per heavy atom. The molecule has 0 aliphatic heterocycles. The predicted octanol–water partition coefficient (Wildman–Crippen LogP) is 0.459. The van der Waals surface area contributed by atoms with E-state index in [2.05, 4.69) is 5.87 Å². The average molecular weight is 216 g/mol. The Morgan fingerprint density at radius 2 is 1.93 bits per heavy atom. The summed E-state index contributed by atoms with van der Waals surface area (Å²) in [6.45, 7) is 0. The molecule has 0 fully saturated rings. The highest BCUT2D eigenvalue weighted by molar-refractivity contribution is 7.95. The maximum absolute atomic E-state index is 11.1. The summed E-state index contributed by atoms with van der Waals surface area (Å²) >= 11 is 0. The average Bonchev–Trinajstić information content (AvgIpc) is 2.07. The molecule has 0 amide bonds. The van der Waals surface area contributed by atoms with E-state index in [0.29, 0.717) is 6.29 Å². The number of rotatable bonds is 2. The van der Waals surface area contributed by atoms with E-state index in [1.165, 1.54) is 0 Å². The SMILES string of the molecule is C=S(=O)(O)c1cc(C=O)cc(O)c1O. The van der Waals surface area contributed by atoms with Crippen LogP contribution in [-0.4, -0.2) is 31.1 Å². The number of aromatic hydroxyl groups is 2. The first kappa shape index (κ1) is 10.6. The molecule has 1 aromatic carbocycles. The van der Waals surface area contributed by atoms with Crippen LogP contribution < -0.4 is 0 Å². The van der Waals surface area contributed by atoms with Crippen LogP contribution in [0.1, 0.15) is 10.4 Å². The van der Waals surface area contributed by atoms with Gasteiger partial charge in [0.1, 0.15) is 21.0 Å². The van der Waals surface area contributed by atoms with E-state index >= 15 is 0 Å². The molecule has 5 nitrogen and oxygen atoms in total. The zero-order valence-electron chi connectivity index (χ0n) is 7.01. The Balaban J connectivity index is 3.58. The summed E-state index contributed by atoms with van der Waals surface area (Å²) in [4.78, 5) is 9.90. The van der Waals surface area contributed by atoms with Crippen LogP contribution in [0.4, 0.5) is 0 Å². The van der Waals surface area contributed by atoms with Crippen molar-refractivity contribution in [2.75, 3.05) is 0 Å². The van der Waals surface area contributed by atoms with Gasteiger partial charge in [-0.2, -0.15) is 0 Å². The van der Waals surface area contributed by atoms with Gasteiger partial charge in [0, 0.05) is 5.56 Å². The second-order valence-corrected chi connectivity index (χ2v) is 4.37. The van der Waals surface area contributed by atoms with Gasteiger partial charge in [-0.15, -0.1) is 0 Å². The number of hydrogen-bond donors (Lipinski definition) is 3. The standard InChI is InChI=1S/C8H8O5S/c1-14(12,13)7-3-5(4-9)2-6(10)8(7)11/h2-4,10-11H,1H2,(H,12,13). The first-order valence-corrected chi connectivity index (χ1v) is 5.15. The monoisotopic (exact) mass is 216 g/mol. The van der Waals surface area contributed by atoms with E-state index in [1.54, 1.807) is 0 Å². The molecular formula is C8H8O5S. The molecule has 0 bridgehead atoms. The van der Waals surface area contributed by atoms with Gasteiger partial charge in [-0.25, -0.2) is 4.21 Å². The van der Waals surface area contributed by atoms with Gasteiger partial charge in [-0.05, 0) is 18.0 Å². The summed E-state index contributed by atoms with van der Waals surface area (Å²) < 4.78 is 20.1. The number of carbonyl (C=O) groups excluding carboxylic acids is 1. The fourth-order valence-corrected chi connectivity index (χ4v) is 1.65. The van der Waals surface area contributed by atoms with Gasteiger partial charge in [0.2, 0.25) is 0 Å². The summed E-state index contributed by atoms with van der Waals surface area (Å²) in [5.74, 6) is 1.55. The lowest BCUT2D eigenvalue weighted by Gasteiger charge is -2.06. The zero-order valence-corrected chi connectivity index (χ0v) is 7.82. The fraction of sp³-hybridized carbons (Fsp3) is 0. The number of phenols is 2. The molecule has 76 valence electrons. The van der Waals surface area contributed by atoms with Crippen LogP contribution in [0.15, 0.2) is 17.0 Å². The molecule has 1 aromatic rings. The lowest BCUT2D eigenvalue weighted by Crippen LogP contribution is -1.99. The predicted molar refractivity (Wildman–Crippen MR) is 51.3 cm³/mol. The largest absolute Gasteiger partial charge is 0.504 e. The summed E-state index contributed by atoms with van der Waals surface area (Å²) in [6, 6.07) is 1.98. The number of phenolic OH excluding ortho intramolecular Hbond substituents is 2. The molecule has 0 saturated carbocycles. The van der Waals surface area contributed by atoms with Crippen molar-refractivity contribution >= 4 is 22.0 Å². The highest BCUT2D eigenvalue weighted by atomic mass is 32.2. The van der Waals surface area contributed by atoms with E-state index in [4.69, 9.17) is 9.66 Å². The third-order valence-electron chi connectivity index (χ3n) is 1.56. The maximum Gasteiger partial charge on any atom is 0.175 e. The van der Waals surface area contributed by atoms with Crippen LogP contribution in [0, 0.1) is 0 Å². The third kappa shape index (κ3) is 1.86. The van der Waals surface area contributed by atoms with E-state index in [-0.39, 0.29) is 5.56 Å². The van der Waals surface area contributed by atoms with Crippen LogP contribution in [0.3, 0.4) is 0 Å². The third-order valence-corrected chi connectivity index (χ3v) is 2.56. The Labute approximate surface area is 80.5 Å². The molecule has 1 unspecified atom stereocenters. The van der Waals surface area contributed by atoms with Crippen molar-refractivity contribution in [2.24, 2.45) is 0 Å². The van der Waals surface area contributed by atoms with Crippen molar-refractivity contribution in [3.63, 3.8) is 0 Å². The van der Waals surface area contributed by atoms with Crippen LogP contribution >= 0.6 is 0 Å². The Bertz CT molecular complexity index is 475. The molecule has 6 heteroatoms. The summed E-state index contributed by atoms with van der Waals surface area (Å²) in [5, 5.41) is 18.3. The highest BCUT2D eigenvalue weighted by Crippen LogP contribution is 2.32. The van der Waals surface area contributed by atoms with Crippen LogP contribution in [0.25, 0.3) is 0 Å². The summed E-state index contributed by atoms with van der Waals surface area (Å²) in [5.41, 5.74) is -0.0132. The number of hydrogen-bond acceptors (Lipinski definition) is 4. The van der Waals surface area contributed by atoms with Gasteiger partial charge in [-0.1, -0.05) is 0 Å². The topological polar surface area (TPSA) is 94.8 Å². The minimum absolute atomic E-state index is 0.0132. The fourth-order valence-electron chi connectivity index (χ4n) is 0.925. The molecule has 0 aliphatic rings. The van der Waals surface area contributed by atoms with Crippen molar-refractivity contribution < 1.29 is 23.8 Å². The van der Waals surface area contributed by atoms with Crippen LogP contribution in [0.2, 0.25) is 0 Å². The minimum atomic E-state index is -3.66.